The SMILES string of the molecule is CNCc1c(C(C)C)[nH]c2c(OC)cc(C)cc12. The van der Waals surface area contributed by atoms with E-state index in [1.165, 1.54) is 22.2 Å². The molecule has 2 rings (SSSR count). The molecule has 1 aromatic heterocycles. The fraction of sp³-hybridized carbons (Fsp3) is 0.467. The zero-order chi connectivity index (χ0) is 13.3. The first kappa shape index (κ1) is 13.0. The van der Waals surface area contributed by atoms with E-state index in [0.717, 1.165) is 17.8 Å². The van der Waals surface area contributed by atoms with Gasteiger partial charge in [-0.15, -0.1) is 0 Å². The first-order chi connectivity index (χ1) is 8.58. The lowest BCUT2D eigenvalue weighted by molar-refractivity contribution is 0.418. The van der Waals surface area contributed by atoms with Gasteiger partial charge in [0.05, 0.1) is 12.6 Å². The second-order valence-electron chi connectivity index (χ2n) is 5.09. The van der Waals surface area contributed by atoms with Crippen molar-refractivity contribution in [3.05, 3.63) is 29.0 Å². The van der Waals surface area contributed by atoms with Crippen LogP contribution in [0.4, 0.5) is 0 Å². The van der Waals surface area contributed by atoms with Crippen LogP contribution in [0, 0.1) is 6.92 Å². The minimum absolute atomic E-state index is 0.478. The van der Waals surface area contributed by atoms with Crippen molar-refractivity contribution in [3.8, 4) is 5.75 Å². The number of nitrogens with one attached hydrogen (secondary N) is 2. The first-order valence-corrected chi connectivity index (χ1v) is 6.42. The standard InChI is InChI=1S/C15H22N2O/c1-9(2)14-12(8-16-4)11-6-10(3)7-13(18-5)15(11)17-14/h6-7,9,16-17H,8H2,1-5H3. The molecule has 0 amide bonds. The third-order valence-corrected chi connectivity index (χ3v) is 3.31. The number of hydrogen-bond acceptors (Lipinski definition) is 2. The monoisotopic (exact) mass is 246 g/mol. The molecule has 0 aliphatic carbocycles. The summed E-state index contributed by atoms with van der Waals surface area (Å²) in [5, 5.41) is 4.52. The van der Waals surface area contributed by atoms with Gasteiger partial charge in [0, 0.05) is 17.6 Å². The van der Waals surface area contributed by atoms with E-state index in [9.17, 15) is 0 Å². The molecule has 3 heteroatoms. The molecule has 18 heavy (non-hydrogen) atoms. The molecule has 0 spiro atoms. The zero-order valence-corrected chi connectivity index (χ0v) is 11.8. The zero-order valence-electron chi connectivity index (χ0n) is 11.8. The van der Waals surface area contributed by atoms with Gasteiger partial charge < -0.3 is 15.0 Å². The summed E-state index contributed by atoms with van der Waals surface area (Å²) in [5.41, 5.74) is 4.98. The molecule has 0 saturated carbocycles. The molecule has 2 N–H and O–H groups in total. The van der Waals surface area contributed by atoms with Gasteiger partial charge in [-0.1, -0.05) is 13.8 Å². The van der Waals surface area contributed by atoms with Gasteiger partial charge in [0.15, 0.2) is 0 Å². The molecule has 3 nitrogen and oxygen atoms in total. The average molecular weight is 246 g/mol. The summed E-state index contributed by atoms with van der Waals surface area (Å²) in [7, 11) is 3.71. The van der Waals surface area contributed by atoms with E-state index in [1.807, 2.05) is 7.05 Å². The van der Waals surface area contributed by atoms with E-state index in [0.29, 0.717) is 5.92 Å². The number of rotatable bonds is 4. The van der Waals surface area contributed by atoms with E-state index in [4.69, 9.17) is 4.74 Å². The first-order valence-electron chi connectivity index (χ1n) is 6.42. The van der Waals surface area contributed by atoms with Gasteiger partial charge in [-0.3, -0.25) is 0 Å². The van der Waals surface area contributed by atoms with Gasteiger partial charge in [0.2, 0.25) is 0 Å². The smallest absolute Gasteiger partial charge is 0.143 e. The predicted molar refractivity (Wildman–Crippen MR) is 76.4 cm³/mol. The fourth-order valence-corrected chi connectivity index (χ4v) is 2.50. The highest BCUT2D eigenvalue weighted by Gasteiger charge is 2.16. The maximum Gasteiger partial charge on any atom is 0.143 e. The van der Waals surface area contributed by atoms with Gasteiger partial charge in [-0.05, 0) is 43.1 Å². The molecule has 2 aromatic rings. The fourth-order valence-electron chi connectivity index (χ4n) is 2.50. The average Bonchev–Trinajstić information content (AvgIpc) is 2.68. The lowest BCUT2D eigenvalue weighted by Gasteiger charge is -2.07. The van der Waals surface area contributed by atoms with Crippen molar-refractivity contribution in [2.24, 2.45) is 0 Å². The van der Waals surface area contributed by atoms with Crippen molar-refractivity contribution in [2.45, 2.75) is 33.2 Å². The molecule has 1 heterocycles. The lowest BCUT2D eigenvalue weighted by Crippen LogP contribution is -2.07. The largest absolute Gasteiger partial charge is 0.495 e. The van der Waals surface area contributed by atoms with Gasteiger partial charge in [-0.2, -0.15) is 0 Å². The van der Waals surface area contributed by atoms with Crippen LogP contribution in [-0.2, 0) is 6.54 Å². The molecule has 0 aliphatic heterocycles. The van der Waals surface area contributed by atoms with Crippen LogP contribution in [0.3, 0.4) is 0 Å². The van der Waals surface area contributed by atoms with Gasteiger partial charge >= 0.3 is 0 Å². The molecule has 0 aliphatic rings. The molecule has 0 bridgehead atoms. The molecule has 0 unspecified atom stereocenters. The maximum absolute atomic E-state index is 5.48. The molecular weight excluding hydrogens is 224 g/mol. The lowest BCUT2D eigenvalue weighted by atomic mass is 10.0. The number of aromatic amines is 1. The second kappa shape index (κ2) is 5.02. The second-order valence-corrected chi connectivity index (χ2v) is 5.09. The summed E-state index contributed by atoms with van der Waals surface area (Å²) < 4.78 is 5.48. The number of aromatic nitrogens is 1. The molecule has 0 radical (unpaired) electrons. The third-order valence-electron chi connectivity index (χ3n) is 3.31. The minimum atomic E-state index is 0.478. The van der Waals surface area contributed by atoms with Crippen LogP contribution in [0.2, 0.25) is 0 Å². The van der Waals surface area contributed by atoms with E-state index in [1.54, 1.807) is 7.11 Å². The van der Waals surface area contributed by atoms with Crippen molar-refractivity contribution in [2.75, 3.05) is 14.2 Å². The number of hydrogen-bond donors (Lipinski definition) is 2. The van der Waals surface area contributed by atoms with Crippen LogP contribution in [0.25, 0.3) is 10.9 Å². The Morgan fingerprint density at radius 2 is 2.06 bits per heavy atom. The van der Waals surface area contributed by atoms with Crippen LogP contribution in [0.5, 0.6) is 5.75 Å². The van der Waals surface area contributed by atoms with Crippen LogP contribution < -0.4 is 10.1 Å². The summed E-state index contributed by atoms with van der Waals surface area (Å²) in [6.45, 7) is 7.40. The predicted octanol–water partition coefficient (Wildman–Crippen LogP) is 3.33. The Balaban J connectivity index is 2.75. The molecule has 0 fully saturated rings. The van der Waals surface area contributed by atoms with Crippen molar-refractivity contribution >= 4 is 10.9 Å². The quantitative estimate of drug-likeness (QED) is 0.868. The molecule has 0 atom stereocenters. The Kier molecular flexibility index (Phi) is 3.62. The highest BCUT2D eigenvalue weighted by atomic mass is 16.5. The highest BCUT2D eigenvalue weighted by Crippen LogP contribution is 2.34. The Labute approximate surface area is 109 Å². The van der Waals surface area contributed by atoms with Crippen LogP contribution in [0.1, 0.15) is 36.6 Å². The number of ether oxygens (including phenoxy) is 1. The number of aryl methyl sites for hydroxylation is 1. The van der Waals surface area contributed by atoms with Crippen LogP contribution in [-0.4, -0.2) is 19.1 Å². The number of methoxy groups -OCH3 is 1. The summed E-state index contributed by atoms with van der Waals surface area (Å²) in [6.07, 6.45) is 0. The number of H-pyrrole nitrogens is 1. The summed E-state index contributed by atoms with van der Waals surface area (Å²) >= 11 is 0. The van der Waals surface area contributed by atoms with Gasteiger partial charge in [-0.25, -0.2) is 0 Å². The topological polar surface area (TPSA) is 37.0 Å². The summed E-state index contributed by atoms with van der Waals surface area (Å²) in [6, 6.07) is 4.30. The summed E-state index contributed by atoms with van der Waals surface area (Å²) in [4.78, 5) is 3.53. The maximum atomic E-state index is 5.48. The van der Waals surface area contributed by atoms with Crippen molar-refractivity contribution in [1.82, 2.24) is 10.3 Å². The summed E-state index contributed by atoms with van der Waals surface area (Å²) in [5.74, 6) is 1.40. The van der Waals surface area contributed by atoms with Crippen molar-refractivity contribution < 1.29 is 4.74 Å². The van der Waals surface area contributed by atoms with Gasteiger partial charge in [0.1, 0.15) is 5.75 Å². The van der Waals surface area contributed by atoms with Gasteiger partial charge in [0.25, 0.3) is 0 Å². The Morgan fingerprint density at radius 1 is 1.33 bits per heavy atom. The number of benzene rings is 1. The van der Waals surface area contributed by atoms with Crippen molar-refractivity contribution in [3.63, 3.8) is 0 Å². The normalized spacial score (nSPS) is 11.4. The highest BCUT2D eigenvalue weighted by molar-refractivity contribution is 5.90. The van der Waals surface area contributed by atoms with Crippen LogP contribution >= 0.6 is 0 Å². The van der Waals surface area contributed by atoms with E-state index in [-0.39, 0.29) is 0 Å². The van der Waals surface area contributed by atoms with E-state index in [2.05, 4.69) is 43.2 Å². The Bertz CT molecular complexity index is 555. The van der Waals surface area contributed by atoms with E-state index >= 15 is 0 Å². The van der Waals surface area contributed by atoms with Crippen LogP contribution in [0.15, 0.2) is 12.1 Å². The van der Waals surface area contributed by atoms with E-state index < -0.39 is 0 Å². The third kappa shape index (κ3) is 2.10. The number of fused-ring (bicyclic) bond motifs is 1. The molecule has 98 valence electrons. The Hall–Kier alpha value is -1.48. The molecule has 0 saturated heterocycles. The molecular formula is C15H22N2O. The Morgan fingerprint density at radius 3 is 2.61 bits per heavy atom. The van der Waals surface area contributed by atoms with Crippen molar-refractivity contribution in [1.29, 1.82) is 0 Å². The molecule has 1 aromatic carbocycles. The minimum Gasteiger partial charge on any atom is -0.495 e.